The van der Waals surface area contributed by atoms with Gasteiger partial charge in [0.15, 0.2) is 0 Å². The predicted molar refractivity (Wildman–Crippen MR) is 60.3 cm³/mol. The summed E-state index contributed by atoms with van der Waals surface area (Å²) >= 11 is 0.636. The Hall–Kier alpha value is -2.16. The van der Waals surface area contributed by atoms with E-state index in [9.17, 15) is 23.3 Å². The van der Waals surface area contributed by atoms with E-state index in [1.165, 1.54) is 12.1 Å². The topological polar surface area (TPSA) is 65.3 Å². The zero-order chi connectivity index (χ0) is 14.0. The lowest BCUT2D eigenvalue weighted by Gasteiger charge is -2.08. The van der Waals surface area contributed by atoms with Crippen LogP contribution in [0.5, 0.6) is 10.9 Å². The molecule has 19 heavy (non-hydrogen) atoms. The van der Waals surface area contributed by atoms with Crippen molar-refractivity contribution in [3.8, 4) is 10.9 Å². The van der Waals surface area contributed by atoms with E-state index in [-0.39, 0.29) is 15.9 Å². The second-order valence-corrected chi connectivity index (χ2v) is 4.32. The van der Waals surface area contributed by atoms with Crippen molar-refractivity contribution in [2.45, 2.75) is 6.18 Å². The molecule has 0 atom stereocenters. The summed E-state index contributed by atoms with van der Waals surface area (Å²) in [7, 11) is 0. The number of nitro groups is 1. The Labute approximate surface area is 108 Å². The Morgan fingerprint density at radius 2 is 2.11 bits per heavy atom. The first-order valence-corrected chi connectivity index (χ1v) is 5.63. The van der Waals surface area contributed by atoms with Crippen LogP contribution < -0.4 is 4.74 Å². The number of benzene rings is 1. The van der Waals surface area contributed by atoms with Crippen LogP contribution in [0.4, 0.5) is 18.2 Å². The first-order valence-electron chi connectivity index (χ1n) is 4.81. The Morgan fingerprint density at radius 3 is 2.68 bits per heavy atom. The average Bonchev–Trinajstić information content (AvgIpc) is 2.77. The number of aromatic nitrogens is 1. The monoisotopic (exact) mass is 290 g/mol. The number of halogens is 3. The van der Waals surface area contributed by atoms with E-state index in [1.807, 2.05) is 0 Å². The summed E-state index contributed by atoms with van der Waals surface area (Å²) in [5.74, 6) is -0.0842. The molecule has 0 spiro atoms. The molecule has 0 aliphatic rings. The lowest BCUT2D eigenvalue weighted by Crippen LogP contribution is -2.04. The number of thiazole rings is 1. The van der Waals surface area contributed by atoms with Gasteiger partial charge < -0.3 is 4.74 Å². The SMILES string of the molecule is O=[N+]([O-])c1cnc(Oc2cccc(C(F)(F)F)c2)s1. The van der Waals surface area contributed by atoms with Crippen molar-refractivity contribution in [2.24, 2.45) is 0 Å². The van der Waals surface area contributed by atoms with E-state index < -0.39 is 16.7 Å². The fraction of sp³-hybridized carbons (Fsp3) is 0.100. The van der Waals surface area contributed by atoms with Gasteiger partial charge in [0.1, 0.15) is 11.9 Å². The number of alkyl halides is 3. The molecule has 0 radical (unpaired) electrons. The smallest absolute Gasteiger partial charge is 0.416 e. The van der Waals surface area contributed by atoms with Crippen LogP contribution in [-0.4, -0.2) is 9.91 Å². The van der Waals surface area contributed by atoms with Gasteiger partial charge in [0.25, 0.3) is 5.19 Å². The van der Waals surface area contributed by atoms with E-state index in [2.05, 4.69) is 4.98 Å². The normalized spacial score (nSPS) is 11.3. The van der Waals surface area contributed by atoms with Crippen LogP contribution in [-0.2, 0) is 6.18 Å². The summed E-state index contributed by atoms with van der Waals surface area (Å²) in [5, 5.41) is 10.1. The molecular formula is C10H5F3N2O3S. The van der Waals surface area contributed by atoms with Crippen molar-refractivity contribution >= 4 is 16.3 Å². The van der Waals surface area contributed by atoms with Crippen LogP contribution in [0.25, 0.3) is 0 Å². The Balaban J connectivity index is 2.21. The third-order valence-electron chi connectivity index (χ3n) is 2.02. The number of nitrogens with zero attached hydrogens (tertiary/aromatic N) is 2. The van der Waals surface area contributed by atoms with Crippen molar-refractivity contribution in [1.29, 1.82) is 0 Å². The highest BCUT2D eigenvalue weighted by Crippen LogP contribution is 2.34. The molecule has 0 saturated carbocycles. The largest absolute Gasteiger partial charge is 0.431 e. The molecule has 9 heteroatoms. The van der Waals surface area contributed by atoms with Crippen LogP contribution in [0, 0.1) is 10.1 Å². The molecule has 0 aliphatic carbocycles. The lowest BCUT2D eigenvalue weighted by atomic mass is 10.2. The third-order valence-corrected chi connectivity index (χ3v) is 2.85. The number of hydrogen-bond donors (Lipinski definition) is 0. The summed E-state index contributed by atoms with van der Waals surface area (Å²) < 4.78 is 42.4. The van der Waals surface area contributed by atoms with Crippen LogP contribution in [0.3, 0.4) is 0 Å². The number of ether oxygens (including phenoxy) is 1. The van der Waals surface area contributed by atoms with Gasteiger partial charge >= 0.3 is 11.2 Å². The van der Waals surface area contributed by atoms with Crippen LogP contribution >= 0.6 is 11.3 Å². The summed E-state index contributed by atoms with van der Waals surface area (Å²) in [4.78, 5) is 13.4. The molecular weight excluding hydrogens is 285 g/mol. The van der Waals surface area contributed by atoms with E-state index in [4.69, 9.17) is 4.74 Å². The summed E-state index contributed by atoms with van der Waals surface area (Å²) in [6, 6.07) is 4.19. The highest BCUT2D eigenvalue weighted by molar-refractivity contribution is 7.16. The number of hydrogen-bond acceptors (Lipinski definition) is 5. The molecule has 1 aromatic heterocycles. The second kappa shape index (κ2) is 4.84. The molecule has 100 valence electrons. The molecule has 1 aromatic carbocycles. The molecule has 1 heterocycles. The van der Waals surface area contributed by atoms with Gasteiger partial charge in [-0.15, -0.1) is 0 Å². The van der Waals surface area contributed by atoms with Crippen LogP contribution in [0.2, 0.25) is 0 Å². The van der Waals surface area contributed by atoms with Gasteiger partial charge in [-0.05, 0) is 29.5 Å². The maximum Gasteiger partial charge on any atom is 0.416 e. The van der Waals surface area contributed by atoms with Crippen LogP contribution in [0.15, 0.2) is 30.5 Å². The zero-order valence-corrected chi connectivity index (χ0v) is 9.86. The van der Waals surface area contributed by atoms with Gasteiger partial charge in [-0.3, -0.25) is 10.1 Å². The summed E-state index contributed by atoms with van der Waals surface area (Å²) in [5.41, 5.74) is -0.865. The molecule has 0 unspecified atom stereocenters. The zero-order valence-electron chi connectivity index (χ0n) is 9.05. The van der Waals surface area contributed by atoms with Crippen molar-refractivity contribution in [1.82, 2.24) is 4.98 Å². The highest BCUT2D eigenvalue weighted by atomic mass is 32.1. The minimum Gasteiger partial charge on any atom is -0.431 e. The maximum absolute atomic E-state index is 12.5. The molecule has 0 N–H and O–H groups in total. The fourth-order valence-corrected chi connectivity index (χ4v) is 1.82. The van der Waals surface area contributed by atoms with Gasteiger partial charge in [-0.1, -0.05) is 6.07 Å². The first-order chi connectivity index (χ1) is 8.86. The second-order valence-electron chi connectivity index (χ2n) is 3.35. The highest BCUT2D eigenvalue weighted by Gasteiger charge is 2.30. The summed E-state index contributed by atoms with van der Waals surface area (Å²) in [6.07, 6.45) is -3.50. The van der Waals surface area contributed by atoms with E-state index in [1.54, 1.807) is 0 Å². The molecule has 2 aromatic rings. The van der Waals surface area contributed by atoms with Crippen molar-refractivity contribution in [3.63, 3.8) is 0 Å². The molecule has 2 rings (SSSR count). The average molecular weight is 290 g/mol. The van der Waals surface area contributed by atoms with E-state index >= 15 is 0 Å². The standard InChI is InChI=1S/C10H5F3N2O3S/c11-10(12,13)6-2-1-3-7(4-6)18-9-14-5-8(19-9)15(16)17/h1-5H. The molecule has 0 saturated heterocycles. The fourth-order valence-electron chi connectivity index (χ4n) is 1.22. The van der Waals surface area contributed by atoms with Gasteiger partial charge in [0.05, 0.1) is 10.5 Å². The van der Waals surface area contributed by atoms with E-state index in [0.717, 1.165) is 18.3 Å². The van der Waals surface area contributed by atoms with Crippen molar-refractivity contribution < 1.29 is 22.8 Å². The first kappa shape index (κ1) is 13.3. The predicted octanol–water partition coefficient (Wildman–Crippen LogP) is 3.86. The molecule has 5 nitrogen and oxygen atoms in total. The maximum atomic E-state index is 12.5. The quantitative estimate of drug-likeness (QED) is 0.636. The van der Waals surface area contributed by atoms with Crippen molar-refractivity contribution in [2.75, 3.05) is 0 Å². The molecule has 0 amide bonds. The molecule has 0 bridgehead atoms. The Bertz CT molecular complexity index is 612. The minimum atomic E-state index is -4.48. The number of rotatable bonds is 3. The summed E-state index contributed by atoms with van der Waals surface area (Å²) in [6.45, 7) is 0. The molecule has 0 fully saturated rings. The molecule has 0 aliphatic heterocycles. The lowest BCUT2D eigenvalue weighted by molar-refractivity contribution is -0.380. The van der Waals surface area contributed by atoms with Crippen molar-refractivity contribution in [3.05, 3.63) is 46.1 Å². The van der Waals surface area contributed by atoms with Crippen LogP contribution in [0.1, 0.15) is 5.56 Å². The van der Waals surface area contributed by atoms with Gasteiger partial charge in [-0.2, -0.15) is 13.2 Å². The van der Waals surface area contributed by atoms with Gasteiger partial charge in [0, 0.05) is 0 Å². The Kier molecular flexibility index (Phi) is 3.38. The third kappa shape index (κ3) is 3.19. The van der Waals surface area contributed by atoms with Gasteiger partial charge in [-0.25, -0.2) is 4.98 Å². The van der Waals surface area contributed by atoms with Gasteiger partial charge in [0.2, 0.25) is 0 Å². The minimum absolute atomic E-state index is 0.0842. The Morgan fingerprint density at radius 1 is 1.37 bits per heavy atom. The van der Waals surface area contributed by atoms with E-state index in [0.29, 0.717) is 11.3 Å².